The van der Waals surface area contributed by atoms with E-state index in [1.165, 1.54) is 31.9 Å². The van der Waals surface area contributed by atoms with Gasteiger partial charge in [0.05, 0.1) is 52.0 Å². The quantitative estimate of drug-likeness (QED) is 0.202. The smallest absolute Gasteiger partial charge is 0.337 e. The van der Waals surface area contributed by atoms with E-state index < -0.39 is 11.9 Å². The molecule has 1 unspecified atom stereocenters. The first-order valence-electron chi connectivity index (χ1n) is 14.3. The van der Waals surface area contributed by atoms with Gasteiger partial charge >= 0.3 is 5.97 Å². The Morgan fingerprint density at radius 1 is 0.953 bits per heavy atom. The maximum atomic E-state index is 13.4. The predicted octanol–water partition coefficient (Wildman–Crippen LogP) is 1.59. The van der Waals surface area contributed by atoms with Crippen molar-refractivity contribution in [3.8, 4) is 5.75 Å². The number of nitrogens with two attached hydrogens (primary N) is 2. The van der Waals surface area contributed by atoms with Gasteiger partial charge in [-0.15, -0.1) is 0 Å². The second-order valence-electron chi connectivity index (χ2n) is 10.8. The number of halogens is 2. The molecule has 0 bridgehead atoms. The van der Waals surface area contributed by atoms with Crippen molar-refractivity contribution in [3.63, 3.8) is 0 Å². The van der Waals surface area contributed by atoms with Crippen LogP contribution in [0.1, 0.15) is 70.1 Å². The number of rotatable bonds is 12. The van der Waals surface area contributed by atoms with Gasteiger partial charge in [0.1, 0.15) is 5.75 Å². The largest absolute Gasteiger partial charge is 1.00 e. The third-order valence-electron chi connectivity index (χ3n) is 8.07. The van der Waals surface area contributed by atoms with Crippen LogP contribution in [0.25, 0.3) is 0 Å². The van der Waals surface area contributed by atoms with Gasteiger partial charge in [-0.1, -0.05) is 35.9 Å². The summed E-state index contributed by atoms with van der Waals surface area (Å²) >= 11 is 6.05. The molecule has 232 valence electrons. The minimum absolute atomic E-state index is 0. The number of methoxy groups -OCH3 is 2. The van der Waals surface area contributed by atoms with E-state index in [4.69, 9.17) is 32.5 Å². The summed E-state index contributed by atoms with van der Waals surface area (Å²) in [6.07, 6.45) is 6.35. The van der Waals surface area contributed by atoms with E-state index in [2.05, 4.69) is 27.4 Å². The fourth-order valence-corrected chi connectivity index (χ4v) is 5.81. The number of hydrogen-bond acceptors (Lipinski definition) is 8. The van der Waals surface area contributed by atoms with Gasteiger partial charge in [-0.2, -0.15) is 0 Å². The first kappa shape index (κ1) is 33.9. The number of piperidine rings is 1. The Balaban J connectivity index is 0.00000506. The minimum atomic E-state index is -0.492. The van der Waals surface area contributed by atoms with Crippen LogP contribution in [0.15, 0.2) is 48.5 Å². The van der Waals surface area contributed by atoms with Crippen LogP contribution in [0, 0.1) is 0 Å². The first-order valence-corrected chi connectivity index (χ1v) is 14.7. The summed E-state index contributed by atoms with van der Waals surface area (Å²) in [5.41, 5.74) is 14.2. The van der Waals surface area contributed by atoms with Crippen LogP contribution >= 0.6 is 11.6 Å². The molecule has 1 atom stereocenters. The molecule has 2 aromatic carbocycles. The van der Waals surface area contributed by atoms with Gasteiger partial charge in [-0.3, -0.25) is 4.79 Å². The van der Waals surface area contributed by atoms with E-state index >= 15 is 0 Å². The van der Waals surface area contributed by atoms with Gasteiger partial charge in [0.25, 0.3) is 5.91 Å². The van der Waals surface area contributed by atoms with Crippen LogP contribution in [-0.4, -0.2) is 66.7 Å². The number of carbonyl (C=O) groups is 2. The standard InChI is InChI=1S/C31H39ClN6O4.ClH/c1-41-24-14-8-21(9-15-24)7-6-19-38(17-4-3-5-18-38)20-16-25(22-10-12-23(13-11-22)31(40)42-2)35-30(39)26-28(33)37-29(34)27(32)36-26;/h8-15,25H,3-7,16-20H2,1-2H3,(H4-,33,34,35,37,39);1H. The Bertz CT molecular complexity index is 1370. The van der Waals surface area contributed by atoms with Crippen molar-refractivity contribution in [2.75, 3.05) is 51.9 Å². The van der Waals surface area contributed by atoms with Crippen LogP contribution in [0.3, 0.4) is 0 Å². The number of likely N-dealkylation sites (tertiary alicyclic amines) is 1. The zero-order valence-electron chi connectivity index (χ0n) is 24.7. The second kappa shape index (κ2) is 15.7. The molecule has 3 aromatic rings. The number of aromatic nitrogens is 2. The zero-order valence-corrected chi connectivity index (χ0v) is 26.2. The molecule has 43 heavy (non-hydrogen) atoms. The number of quaternary nitrogens is 1. The molecule has 0 spiro atoms. The lowest BCUT2D eigenvalue weighted by Gasteiger charge is -2.42. The van der Waals surface area contributed by atoms with Gasteiger partial charge in [-0.05, 0) is 61.1 Å². The summed E-state index contributed by atoms with van der Waals surface area (Å²) in [6.45, 7) is 4.16. The lowest BCUT2D eigenvalue weighted by Crippen LogP contribution is -3.00. The molecule has 1 fully saturated rings. The van der Waals surface area contributed by atoms with Crippen LogP contribution in [0.5, 0.6) is 5.75 Å². The monoisotopic (exact) mass is 630 g/mol. The fourth-order valence-electron chi connectivity index (χ4n) is 5.68. The number of hydrogen-bond donors (Lipinski definition) is 3. The number of nitrogen functional groups attached to an aromatic ring is 2. The third kappa shape index (κ3) is 8.95. The normalized spacial score (nSPS) is 14.7. The molecule has 2 heterocycles. The molecule has 0 aliphatic carbocycles. The fraction of sp³-hybridized carbons (Fsp3) is 0.419. The predicted molar refractivity (Wildman–Crippen MR) is 163 cm³/mol. The van der Waals surface area contributed by atoms with E-state index in [0.29, 0.717) is 12.0 Å². The lowest BCUT2D eigenvalue weighted by atomic mass is 9.98. The average molecular weight is 632 g/mol. The van der Waals surface area contributed by atoms with Crippen molar-refractivity contribution in [3.05, 3.63) is 76.1 Å². The molecule has 1 aliphatic heterocycles. The number of nitrogens with one attached hydrogen (secondary N) is 1. The Morgan fingerprint density at radius 3 is 2.26 bits per heavy atom. The Labute approximate surface area is 264 Å². The molecule has 1 saturated heterocycles. The summed E-state index contributed by atoms with van der Waals surface area (Å²) in [6, 6.07) is 15.0. The molecule has 0 radical (unpaired) electrons. The molecular formula is C31H40Cl2N6O4. The molecule has 0 saturated carbocycles. The van der Waals surface area contributed by atoms with Crippen molar-refractivity contribution >= 4 is 35.1 Å². The molecule has 5 N–H and O–H groups in total. The van der Waals surface area contributed by atoms with Crippen LogP contribution in [0.4, 0.5) is 11.6 Å². The Kier molecular flexibility index (Phi) is 12.4. The molecule has 1 aromatic heterocycles. The van der Waals surface area contributed by atoms with Crippen LogP contribution < -0.4 is 33.9 Å². The molecule has 4 rings (SSSR count). The molecule has 10 nitrogen and oxygen atoms in total. The van der Waals surface area contributed by atoms with Crippen molar-refractivity contribution in [1.82, 2.24) is 15.3 Å². The topological polar surface area (TPSA) is 142 Å². The Morgan fingerprint density at radius 2 is 1.63 bits per heavy atom. The molecular weight excluding hydrogens is 591 g/mol. The highest BCUT2D eigenvalue weighted by atomic mass is 35.5. The molecule has 12 heteroatoms. The summed E-state index contributed by atoms with van der Waals surface area (Å²) in [5.74, 6) is -0.177. The Hall–Kier alpha value is -3.60. The van der Waals surface area contributed by atoms with E-state index in [0.717, 1.165) is 54.8 Å². The highest BCUT2D eigenvalue weighted by Gasteiger charge is 2.31. The van der Waals surface area contributed by atoms with Gasteiger partial charge in [0.15, 0.2) is 22.5 Å². The summed E-state index contributed by atoms with van der Waals surface area (Å²) in [5, 5.41) is 3.01. The van der Waals surface area contributed by atoms with Gasteiger partial charge in [-0.25, -0.2) is 14.8 Å². The number of nitrogens with zero attached hydrogens (tertiary/aromatic N) is 3. The van der Waals surface area contributed by atoms with Crippen LogP contribution in [0.2, 0.25) is 5.15 Å². The number of amides is 1. The maximum Gasteiger partial charge on any atom is 0.337 e. The number of benzene rings is 2. The van der Waals surface area contributed by atoms with Gasteiger partial charge in [0.2, 0.25) is 0 Å². The SMILES string of the molecule is COC(=O)c1ccc(C(CC[N+]2(CCCc3ccc(OC)cc3)CCCCC2)NC(=O)c2nc(Cl)c(N)nc2N)cc1.[Cl-]. The van der Waals surface area contributed by atoms with E-state index in [-0.39, 0.29) is 40.9 Å². The summed E-state index contributed by atoms with van der Waals surface area (Å²) < 4.78 is 11.1. The molecule has 1 amide bonds. The minimum Gasteiger partial charge on any atom is -1.00 e. The van der Waals surface area contributed by atoms with Crippen molar-refractivity contribution in [2.24, 2.45) is 0 Å². The van der Waals surface area contributed by atoms with Crippen molar-refractivity contribution in [2.45, 2.75) is 44.6 Å². The first-order chi connectivity index (χ1) is 20.2. The number of anilines is 2. The number of ether oxygens (including phenoxy) is 2. The summed E-state index contributed by atoms with van der Waals surface area (Å²) in [7, 11) is 3.02. The second-order valence-corrected chi connectivity index (χ2v) is 11.2. The number of esters is 1. The highest BCUT2D eigenvalue weighted by Crippen LogP contribution is 2.27. The maximum absolute atomic E-state index is 13.4. The van der Waals surface area contributed by atoms with Crippen molar-refractivity contribution in [1.29, 1.82) is 0 Å². The zero-order chi connectivity index (χ0) is 30.1. The molecule has 1 aliphatic rings. The van der Waals surface area contributed by atoms with E-state index in [9.17, 15) is 9.59 Å². The highest BCUT2D eigenvalue weighted by molar-refractivity contribution is 6.31. The van der Waals surface area contributed by atoms with E-state index in [1.54, 1.807) is 19.2 Å². The lowest BCUT2D eigenvalue weighted by molar-refractivity contribution is -0.933. The van der Waals surface area contributed by atoms with Gasteiger partial charge in [0, 0.05) is 12.8 Å². The van der Waals surface area contributed by atoms with Gasteiger partial charge < -0.3 is 43.1 Å². The third-order valence-corrected chi connectivity index (χ3v) is 8.35. The van der Waals surface area contributed by atoms with E-state index in [1.807, 2.05) is 24.3 Å². The number of aryl methyl sites for hydroxylation is 1. The van der Waals surface area contributed by atoms with Crippen molar-refractivity contribution < 1.29 is 36.0 Å². The average Bonchev–Trinajstić information content (AvgIpc) is 3.01. The summed E-state index contributed by atoms with van der Waals surface area (Å²) in [4.78, 5) is 33.4. The van der Waals surface area contributed by atoms with Crippen LogP contribution in [-0.2, 0) is 11.2 Å². The number of carbonyl (C=O) groups excluding carboxylic acids is 2.